The van der Waals surface area contributed by atoms with Gasteiger partial charge in [0.1, 0.15) is 15.8 Å². The van der Waals surface area contributed by atoms with Gasteiger partial charge in [0.25, 0.3) is 10.0 Å². The zero-order chi connectivity index (χ0) is 20.1. The van der Waals surface area contributed by atoms with E-state index in [2.05, 4.69) is 14.7 Å². The van der Waals surface area contributed by atoms with Gasteiger partial charge in [-0.2, -0.15) is 0 Å². The molecule has 1 aromatic carbocycles. The van der Waals surface area contributed by atoms with E-state index in [1.165, 1.54) is 36.2 Å². The van der Waals surface area contributed by atoms with Gasteiger partial charge in [0.2, 0.25) is 0 Å². The third-order valence-electron chi connectivity index (χ3n) is 3.41. The van der Waals surface area contributed by atoms with Gasteiger partial charge in [-0.05, 0) is 68.1 Å². The molecule has 0 aliphatic rings. The predicted molar refractivity (Wildman–Crippen MR) is 111 cm³/mol. The van der Waals surface area contributed by atoms with Crippen molar-refractivity contribution in [2.75, 3.05) is 4.72 Å². The Bertz CT molecular complexity index is 1040. The molecule has 3 rings (SSSR count). The van der Waals surface area contributed by atoms with Crippen LogP contribution in [0.15, 0.2) is 75.9 Å². The number of sulfonamides is 1. The van der Waals surface area contributed by atoms with Crippen LogP contribution in [0, 0.1) is 0 Å². The second-order valence-corrected chi connectivity index (χ2v) is 9.15. The fraction of sp³-hybridized carbons (Fsp3) is 0.158. The number of ether oxygens (including phenoxy) is 1. The van der Waals surface area contributed by atoms with Crippen molar-refractivity contribution in [2.45, 2.75) is 34.9 Å². The molecule has 0 saturated carbocycles. The van der Waals surface area contributed by atoms with Crippen molar-refractivity contribution in [1.29, 1.82) is 0 Å². The largest absolute Gasteiger partial charge is 0.491 e. The second-order valence-electron chi connectivity index (χ2n) is 6.02. The van der Waals surface area contributed by atoms with Crippen LogP contribution in [0.1, 0.15) is 13.8 Å². The van der Waals surface area contributed by atoms with E-state index in [-0.39, 0.29) is 16.7 Å². The van der Waals surface area contributed by atoms with Crippen molar-refractivity contribution in [3.05, 3.63) is 65.9 Å². The molecule has 0 bridgehead atoms. The Morgan fingerprint density at radius 2 is 1.86 bits per heavy atom. The van der Waals surface area contributed by atoms with Gasteiger partial charge >= 0.3 is 0 Å². The minimum atomic E-state index is -3.83. The summed E-state index contributed by atoms with van der Waals surface area (Å²) in [4.78, 5) is 8.58. The molecule has 6 nitrogen and oxygen atoms in total. The predicted octanol–water partition coefficient (Wildman–Crippen LogP) is 4.87. The summed E-state index contributed by atoms with van der Waals surface area (Å²) >= 11 is 7.27. The third kappa shape index (κ3) is 5.37. The number of pyridine rings is 2. The highest BCUT2D eigenvalue weighted by Crippen LogP contribution is 2.33. The van der Waals surface area contributed by atoms with E-state index in [4.69, 9.17) is 16.3 Å². The maximum Gasteiger partial charge on any atom is 0.261 e. The summed E-state index contributed by atoms with van der Waals surface area (Å²) in [5, 5.41) is 1.46. The molecule has 146 valence electrons. The number of anilines is 1. The van der Waals surface area contributed by atoms with Gasteiger partial charge < -0.3 is 4.74 Å². The van der Waals surface area contributed by atoms with Gasteiger partial charge in [-0.1, -0.05) is 17.7 Å². The summed E-state index contributed by atoms with van der Waals surface area (Å²) in [7, 11) is -3.83. The summed E-state index contributed by atoms with van der Waals surface area (Å²) in [5.41, 5.74) is 0.283. The number of benzene rings is 1. The van der Waals surface area contributed by atoms with Crippen molar-refractivity contribution in [3.63, 3.8) is 0 Å². The molecular weight excluding hydrogens is 418 g/mol. The van der Waals surface area contributed by atoms with Gasteiger partial charge in [0.05, 0.1) is 21.7 Å². The lowest BCUT2D eigenvalue weighted by atomic mass is 10.3. The summed E-state index contributed by atoms with van der Waals surface area (Å²) in [6.45, 7) is 3.80. The van der Waals surface area contributed by atoms with E-state index < -0.39 is 10.0 Å². The van der Waals surface area contributed by atoms with Crippen molar-refractivity contribution < 1.29 is 13.2 Å². The Morgan fingerprint density at radius 3 is 2.50 bits per heavy atom. The van der Waals surface area contributed by atoms with Gasteiger partial charge in [-0.25, -0.2) is 18.4 Å². The highest BCUT2D eigenvalue weighted by atomic mass is 35.5. The standard InChI is InChI=1S/C19H18ClN3O3S2/c1-13(2)26-15-6-8-16(9-7-15)28(24,25)23-17-11-14(20)12-22-19(17)27-18-5-3-4-10-21-18/h3-13,23H,1-2H3. The lowest BCUT2D eigenvalue weighted by Gasteiger charge is -2.13. The Morgan fingerprint density at radius 1 is 1.11 bits per heavy atom. The van der Waals surface area contributed by atoms with E-state index in [0.29, 0.717) is 20.8 Å². The van der Waals surface area contributed by atoms with Crippen LogP contribution < -0.4 is 9.46 Å². The van der Waals surface area contributed by atoms with Crippen LogP contribution in [0.25, 0.3) is 0 Å². The van der Waals surface area contributed by atoms with E-state index in [9.17, 15) is 8.42 Å². The minimum absolute atomic E-state index is 0.00398. The van der Waals surface area contributed by atoms with Crippen molar-refractivity contribution >= 4 is 39.1 Å². The molecule has 0 aliphatic carbocycles. The van der Waals surface area contributed by atoms with E-state index in [0.717, 1.165) is 0 Å². The molecule has 1 N–H and O–H groups in total. The van der Waals surface area contributed by atoms with Crippen LogP contribution in [0.4, 0.5) is 5.69 Å². The Kier molecular flexibility index (Phi) is 6.43. The average Bonchev–Trinajstić information content (AvgIpc) is 2.64. The highest BCUT2D eigenvalue weighted by Gasteiger charge is 2.18. The van der Waals surface area contributed by atoms with E-state index >= 15 is 0 Å². The number of hydrogen-bond acceptors (Lipinski definition) is 6. The molecule has 0 fully saturated rings. The first-order valence-electron chi connectivity index (χ1n) is 8.37. The number of nitrogens with one attached hydrogen (secondary N) is 1. The molecule has 28 heavy (non-hydrogen) atoms. The number of aromatic nitrogens is 2. The first kappa shape index (κ1) is 20.4. The van der Waals surface area contributed by atoms with Crippen molar-refractivity contribution in [1.82, 2.24) is 9.97 Å². The average molecular weight is 436 g/mol. The van der Waals surface area contributed by atoms with Crippen LogP contribution in [-0.4, -0.2) is 24.5 Å². The Hall–Kier alpha value is -2.29. The summed E-state index contributed by atoms with van der Waals surface area (Å²) in [5.74, 6) is 0.602. The first-order chi connectivity index (χ1) is 13.3. The summed E-state index contributed by atoms with van der Waals surface area (Å²) < 4.78 is 33.7. The molecular formula is C19H18ClN3O3S2. The third-order valence-corrected chi connectivity index (χ3v) is 5.96. The fourth-order valence-electron chi connectivity index (χ4n) is 2.26. The second kappa shape index (κ2) is 8.81. The first-order valence-corrected chi connectivity index (χ1v) is 11.1. The molecule has 0 saturated heterocycles. The van der Waals surface area contributed by atoms with Crippen LogP contribution >= 0.6 is 23.4 Å². The zero-order valence-corrected chi connectivity index (χ0v) is 17.6. The number of rotatable bonds is 7. The summed E-state index contributed by atoms with van der Waals surface area (Å²) in [6, 6.07) is 13.2. The molecule has 2 aromatic heterocycles. The minimum Gasteiger partial charge on any atom is -0.491 e. The lowest BCUT2D eigenvalue weighted by molar-refractivity contribution is 0.242. The molecule has 0 atom stereocenters. The Labute approximate surface area is 173 Å². The van der Waals surface area contributed by atoms with E-state index in [1.54, 1.807) is 24.4 Å². The van der Waals surface area contributed by atoms with Crippen LogP contribution in [0.5, 0.6) is 5.75 Å². The smallest absolute Gasteiger partial charge is 0.261 e. The highest BCUT2D eigenvalue weighted by molar-refractivity contribution is 7.99. The fourth-order valence-corrected chi connectivity index (χ4v) is 4.32. The zero-order valence-electron chi connectivity index (χ0n) is 15.2. The van der Waals surface area contributed by atoms with Crippen molar-refractivity contribution in [2.24, 2.45) is 0 Å². The number of halogens is 1. The van der Waals surface area contributed by atoms with Gasteiger partial charge in [0.15, 0.2) is 0 Å². The molecule has 9 heteroatoms. The van der Waals surface area contributed by atoms with Crippen molar-refractivity contribution in [3.8, 4) is 5.75 Å². The molecule has 2 heterocycles. The molecule has 3 aromatic rings. The lowest BCUT2D eigenvalue weighted by Crippen LogP contribution is -2.14. The Balaban J connectivity index is 1.86. The van der Waals surface area contributed by atoms with E-state index in [1.807, 2.05) is 26.0 Å². The maximum atomic E-state index is 12.8. The maximum absolute atomic E-state index is 12.8. The molecule has 0 amide bonds. The number of hydrogen-bond donors (Lipinski definition) is 1. The molecule has 0 unspecified atom stereocenters. The molecule has 0 radical (unpaired) electrons. The van der Waals surface area contributed by atoms with Crippen LogP contribution in [0.3, 0.4) is 0 Å². The van der Waals surface area contributed by atoms with Crippen LogP contribution in [0.2, 0.25) is 5.02 Å². The molecule has 0 aliphatic heterocycles. The number of nitrogens with zero attached hydrogens (tertiary/aromatic N) is 2. The summed E-state index contributed by atoms with van der Waals surface area (Å²) in [6.07, 6.45) is 3.12. The SMILES string of the molecule is CC(C)Oc1ccc(S(=O)(=O)Nc2cc(Cl)cnc2Sc2ccccn2)cc1. The monoisotopic (exact) mass is 435 g/mol. The van der Waals surface area contributed by atoms with Gasteiger partial charge in [-0.15, -0.1) is 0 Å². The quantitative estimate of drug-likeness (QED) is 0.570. The van der Waals surface area contributed by atoms with Gasteiger partial charge in [0, 0.05) is 12.4 Å². The van der Waals surface area contributed by atoms with Crippen LogP contribution in [-0.2, 0) is 10.0 Å². The van der Waals surface area contributed by atoms with Gasteiger partial charge in [-0.3, -0.25) is 4.72 Å². The molecule has 0 spiro atoms. The normalized spacial score (nSPS) is 11.4. The topological polar surface area (TPSA) is 81.2 Å².